The Kier molecular flexibility index (Phi) is 12.2. The fourth-order valence-corrected chi connectivity index (χ4v) is 0.545. The van der Waals surface area contributed by atoms with Gasteiger partial charge in [-0.05, 0) is 19.3 Å². The molecule has 0 fully saturated rings. The van der Waals surface area contributed by atoms with Gasteiger partial charge in [-0.15, -0.1) is 0 Å². The smallest absolute Gasteiger partial charge is 0.0538 e. The first-order valence-electron chi connectivity index (χ1n) is 4.35. The van der Waals surface area contributed by atoms with Crippen molar-refractivity contribution in [3.63, 3.8) is 0 Å². The van der Waals surface area contributed by atoms with Crippen LogP contribution in [0.3, 0.4) is 0 Å². The lowest BCUT2D eigenvalue weighted by Gasteiger charge is -2.12. The van der Waals surface area contributed by atoms with Crippen molar-refractivity contribution in [2.45, 2.75) is 40.2 Å². The molecule has 2 unspecified atom stereocenters. The Morgan fingerprint density at radius 3 is 2.00 bits per heavy atom. The molecule has 11 heavy (non-hydrogen) atoms. The van der Waals surface area contributed by atoms with E-state index in [0.29, 0.717) is 5.92 Å². The van der Waals surface area contributed by atoms with Crippen molar-refractivity contribution in [3.05, 3.63) is 0 Å². The van der Waals surface area contributed by atoms with Crippen LogP contribution >= 0.6 is 0 Å². The zero-order valence-electron chi connectivity index (χ0n) is 8.42. The molecule has 2 nitrogen and oxygen atoms in total. The molecular weight excluding hydrogens is 140 g/mol. The molecule has 0 bridgehead atoms. The van der Waals surface area contributed by atoms with Crippen molar-refractivity contribution in [2.75, 3.05) is 13.7 Å². The van der Waals surface area contributed by atoms with E-state index >= 15 is 0 Å². The van der Waals surface area contributed by atoms with Crippen LogP contribution in [0, 0.1) is 5.92 Å². The van der Waals surface area contributed by atoms with Gasteiger partial charge in [-0.1, -0.05) is 20.8 Å². The monoisotopic (exact) mass is 162 g/mol. The van der Waals surface area contributed by atoms with E-state index < -0.39 is 0 Å². The summed E-state index contributed by atoms with van der Waals surface area (Å²) in [7, 11) is 1.68. The first kappa shape index (κ1) is 13.5. The maximum atomic E-state index is 8.99. The third-order valence-corrected chi connectivity index (χ3v) is 1.60. The van der Waals surface area contributed by atoms with Gasteiger partial charge >= 0.3 is 0 Å². The molecule has 2 heteroatoms. The summed E-state index contributed by atoms with van der Waals surface area (Å²) in [6.07, 6.45) is 0.730. The standard InChI is InChI=1S/C7H16O2.C2H6/c1-6(7(2)8)4-5-9-3;1-2/h6-8H,4-5H2,1-3H3;1-2H3. The second kappa shape index (κ2) is 9.92. The fourth-order valence-electron chi connectivity index (χ4n) is 0.545. The summed E-state index contributed by atoms with van der Waals surface area (Å²) in [5.41, 5.74) is 0. The lowest BCUT2D eigenvalue weighted by molar-refractivity contribution is 0.102. The summed E-state index contributed by atoms with van der Waals surface area (Å²) in [6, 6.07) is 0. The predicted octanol–water partition coefficient (Wildman–Crippen LogP) is 2.07. The molecule has 2 atom stereocenters. The largest absolute Gasteiger partial charge is 0.393 e. The van der Waals surface area contributed by atoms with Gasteiger partial charge in [-0.25, -0.2) is 0 Å². The number of aliphatic hydroxyl groups excluding tert-OH is 1. The molecule has 0 spiro atoms. The summed E-state index contributed by atoms with van der Waals surface area (Å²) in [4.78, 5) is 0. The minimum absolute atomic E-state index is 0.208. The van der Waals surface area contributed by atoms with E-state index in [2.05, 4.69) is 0 Å². The van der Waals surface area contributed by atoms with Crippen molar-refractivity contribution in [1.29, 1.82) is 0 Å². The van der Waals surface area contributed by atoms with Crippen molar-refractivity contribution in [1.82, 2.24) is 0 Å². The topological polar surface area (TPSA) is 29.5 Å². The van der Waals surface area contributed by atoms with E-state index in [1.807, 2.05) is 20.8 Å². The Morgan fingerprint density at radius 1 is 1.27 bits per heavy atom. The second-order valence-corrected chi connectivity index (χ2v) is 2.50. The molecule has 0 aromatic rings. The third kappa shape index (κ3) is 9.92. The molecular formula is C9H22O2. The number of methoxy groups -OCH3 is 1. The molecule has 0 aliphatic heterocycles. The van der Waals surface area contributed by atoms with Crippen LogP contribution < -0.4 is 0 Å². The highest BCUT2D eigenvalue weighted by atomic mass is 16.5. The number of hydrogen-bond acceptors (Lipinski definition) is 2. The van der Waals surface area contributed by atoms with Crippen molar-refractivity contribution >= 4 is 0 Å². The van der Waals surface area contributed by atoms with Gasteiger partial charge in [-0.2, -0.15) is 0 Å². The molecule has 1 N–H and O–H groups in total. The van der Waals surface area contributed by atoms with Crippen LogP contribution in [0.4, 0.5) is 0 Å². The average molecular weight is 162 g/mol. The quantitative estimate of drug-likeness (QED) is 0.685. The van der Waals surface area contributed by atoms with Gasteiger partial charge in [0, 0.05) is 13.7 Å². The van der Waals surface area contributed by atoms with Gasteiger partial charge in [0.25, 0.3) is 0 Å². The summed E-state index contributed by atoms with van der Waals surface area (Å²) in [6.45, 7) is 8.57. The maximum Gasteiger partial charge on any atom is 0.0538 e. The molecule has 0 saturated heterocycles. The van der Waals surface area contributed by atoms with Crippen LogP contribution in [0.1, 0.15) is 34.1 Å². The summed E-state index contributed by atoms with van der Waals surface area (Å²) in [5, 5.41) is 8.99. The average Bonchev–Trinajstić information content (AvgIpc) is 2.03. The van der Waals surface area contributed by atoms with Gasteiger partial charge in [0.15, 0.2) is 0 Å². The van der Waals surface area contributed by atoms with Crippen LogP contribution in [0.15, 0.2) is 0 Å². The van der Waals surface area contributed by atoms with Crippen LogP contribution in [0.5, 0.6) is 0 Å². The molecule has 70 valence electrons. The second-order valence-electron chi connectivity index (χ2n) is 2.50. The Morgan fingerprint density at radius 2 is 1.73 bits per heavy atom. The highest BCUT2D eigenvalue weighted by Gasteiger charge is 2.06. The minimum Gasteiger partial charge on any atom is -0.393 e. The van der Waals surface area contributed by atoms with E-state index in [4.69, 9.17) is 9.84 Å². The highest BCUT2D eigenvalue weighted by molar-refractivity contribution is 4.57. The van der Waals surface area contributed by atoms with Crippen molar-refractivity contribution < 1.29 is 9.84 Å². The molecule has 0 aromatic carbocycles. The fraction of sp³-hybridized carbons (Fsp3) is 1.00. The van der Waals surface area contributed by atoms with Crippen LogP contribution in [0.25, 0.3) is 0 Å². The highest BCUT2D eigenvalue weighted by Crippen LogP contribution is 2.06. The zero-order chi connectivity index (χ0) is 9.28. The number of rotatable bonds is 4. The van der Waals surface area contributed by atoms with E-state index in [9.17, 15) is 0 Å². The summed E-state index contributed by atoms with van der Waals surface area (Å²) < 4.78 is 4.85. The molecule has 0 aliphatic carbocycles. The Labute approximate surface area is 70.6 Å². The Hall–Kier alpha value is -0.0800. The van der Waals surface area contributed by atoms with Crippen LogP contribution in [-0.2, 0) is 4.74 Å². The molecule has 0 heterocycles. The summed E-state index contributed by atoms with van der Waals surface area (Å²) >= 11 is 0. The maximum absolute atomic E-state index is 8.99. The first-order chi connectivity index (χ1) is 5.18. The predicted molar refractivity (Wildman–Crippen MR) is 48.7 cm³/mol. The Balaban J connectivity index is 0. The SMILES string of the molecule is CC.COCCC(C)C(C)O. The third-order valence-electron chi connectivity index (χ3n) is 1.60. The molecule has 0 amide bonds. The van der Waals surface area contributed by atoms with Crippen LogP contribution in [0.2, 0.25) is 0 Å². The molecule has 0 rings (SSSR count). The lowest BCUT2D eigenvalue weighted by atomic mass is 10.0. The van der Waals surface area contributed by atoms with E-state index in [-0.39, 0.29) is 6.10 Å². The zero-order valence-corrected chi connectivity index (χ0v) is 8.42. The number of aliphatic hydroxyl groups is 1. The lowest BCUT2D eigenvalue weighted by Crippen LogP contribution is -2.14. The van der Waals surface area contributed by atoms with Gasteiger partial charge in [0.05, 0.1) is 6.10 Å². The minimum atomic E-state index is -0.208. The number of hydrogen-bond donors (Lipinski definition) is 1. The van der Waals surface area contributed by atoms with Gasteiger partial charge < -0.3 is 9.84 Å². The molecule has 0 radical (unpaired) electrons. The van der Waals surface area contributed by atoms with E-state index in [1.165, 1.54) is 0 Å². The normalized spacial score (nSPS) is 14.7. The van der Waals surface area contributed by atoms with Gasteiger partial charge in [0.2, 0.25) is 0 Å². The van der Waals surface area contributed by atoms with Crippen LogP contribution in [-0.4, -0.2) is 24.9 Å². The van der Waals surface area contributed by atoms with Crippen molar-refractivity contribution in [3.8, 4) is 0 Å². The molecule has 0 aliphatic rings. The van der Waals surface area contributed by atoms with Gasteiger partial charge in [0.1, 0.15) is 0 Å². The van der Waals surface area contributed by atoms with E-state index in [0.717, 1.165) is 13.0 Å². The molecule has 0 aromatic heterocycles. The number of ether oxygens (including phenoxy) is 1. The van der Waals surface area contributed by atoms with E-state index in [1.54, 1.807) is 14.0 Å². The van der Waals surface area contributed by atoms with Crippen molar-refractivity contribution in [2.24, 2.45) is 5.92 Å². The summed E-state index contributed by atoms with van der Waals surface area (Å²) in [5.74, 6) is 0.352. The molecule has 0 saturated carbocycles. The van der Waals surface area contributed by atoms with Gasteiger partial charge in [-0.3, -0.25) is 0 Å². The first-order valence-corrected chi connectivity index (χ1v) is 4.35. The Bertz CT molecular complexity index is 62.6.